The zero-order chi connectivity index (χ0) is 14.2. The molecule has 0 unspecified atom stereocenters. The van der Waals surface area contributed by atoms with E-state index in [-0.39, 0.29) is 0 Å². The van der Waals surface area contributed by atoms with Crippen molar-refractivity contribution in [3.8, 4) is 0 Å². The monoisotopic (exact) mass is 292 g/mol. The van der Waals surface area contributed by atoms with Crippen molar-refractivity contribution in [2.75, 3.05) is 6.54 Å². The third kappa shape index (κ3) is 4.65. The number of aromatic nitrogens is 2. The van der Waals surface area contributed by atoms with Gasteiger partial charge in [-0.05, 0) is 37.3 Å². The molecule has 0 amide bonds. The minimum atomic E-state index is 0.667. The van der Waals surface area contributed by atoms with Crippen LogP contribution in [0.25, 0.3) is 0 Å². The van der Waals surface area contributed by atoms with Gasteiger partial charge in [0, 0.05) is 12.2 Å². The number of hydrogen-bond donors (Lipinski definition) is 1. The van der Waals surface area contributed by atoms with Crippen molar-refractivity contribution in [3.05, 3.63) is 41.3 Å². The Hall–Kier alpha value is -1.33. The largest absolute Gasteiger partial charge is 0.416 e. The Bertz CT molecular complexity index is 527. The smallest absolute Gasteiger partial charge is 0.276 e. The lowest BCUT2D eigenvalue weighted by Gasteiger charge is -2.02. The Kier molecular flexibility index (Phi) is 6.08. The van der Waals surface area contributed by atoms with Crippen molar-refractivity contribution in [1.82, 2.24) is 10.2 Å². The molecule has 1 aromatic carbocycles. The molecule has 1 heterocycles. The number of nitrogens with zero attached hydrogens (tertiary/aromatic N) is 2. The number of quaternary nitrogens is 1. The van der Waals surface area contributed by atoms with E-state index in [2.05, 4.69) is 47.1 Å². The average molecular weight is 292 g/mol. The van der Waals surface area contributed by atoms with Gasteiger partial charge in [0.15, 0.2) is 0 Å². The molecule has 2 aromatic rings. The van der Waals surface area contributed by atoms with Crippen LogP contribution in [0.4, 0.5) is 0 Å². The highest BCUT2D eigenvalue weighted by Gasteiger charge is 2.07. The third-order valence-electron chi connectivity index (χ3n) is 3.20. The fourth-order valence-corrected chi connectivity index (χ4v) is 2.80. The maximum absolute atomic E-state index is 5.65. The molecule has 4 nitrogen and oxygen atoms in total. The van der Waals surface area contributed by atoms with Crippen molar-refractivity contribution in [2.45, 2.75) is 43.6 Å². The maximum atomic E-state index is 5.65. The SMILES string of the molecule is Cc1ccccc1CSc1nnc(CCCCC[NH3+])o1. The fourth-order valence-electron chi connectivity index (χ4n) is 1.94. The molecule has 0 saturated carbocycles. The van der Waals surface area contributed by atoms with E-state index in [4.69, 9.17) is 4.42 Å². The van der Waals surface area contributed by atoms with Crippen LogP contribution in [0.1, 0.15) is 36.3 Å². The molecular formula is C15H22N3OS+. The second-order valence-electron chi connectivity index (χ2n) is 4.84. The van der Waals surface area contributed by atoms with Crippen LogP contribution in [0.3, 0.4) is 0 Å². The van der Waals surface area contributed by atoms with Gasteiger partial charge in [0.25, 0.3) is 5.22 Å². The van der Waals surface area contributed by atoms with E-state index in [1.807, 2.05) is 0 Å². The summed E-state index contributed by atoms with van der Waals surface area (Å²) in [5, 5.41) is 8.86. The van der Waals surface area contributed by atoms with Gasteiger partial charge in [-0.1, -0.05) is 36.0 Å². The molecule has 0 radical (unpaired) electrons. The zero-order valence-corrected chi connectivity index (χ0v) is 12.8. The van der Waals surface area contributed by atoms with Gasteiger partial charge < -0.3 is 10.2 Å². The molecule has 3 N–H and O–H groups in total. The van der Waals surface area contributed by atoms with E-state index in [1.165, 1.54) is 24.0 Å². The molecule has 0 fully saturated rings. The normalized spacial score (nSPS) is 10.9. The number of hydrogen-bond acceptors (Lipinski definition) is 4. The van der Waals surface area contributed by atoms with Gasteiger partial charge in [-0.2, -0.15) is 0 Å². The molecule has 0 bridgehead atoms. The van der Waals surface area contributed by atoms with Gasteiger partial charge in [-0.15, -0.1) is 10.2 Å². The summed E-state index contributed by atoms with van der Waals surface area (Å²) in [4.78, 5) is 0. The number of thioether (sulfide) groups is 1. The number of unbranched alkanes of at least 4 members (excludes halogenated alkanes) is 2. The van der Waals surface area contributed by atoms with Crippen LogP contribution in [-0.4, -0.2) is 16.7 Å². The van der Waals surface area contributed by atoms with Gasteiger partial charge in [0.1, 0.15) is 0 Å². The molecule has 0 atom stereocenters. The highest BCUT2D eigenvalue weighted by molar-refractivity contribution is 7.98. The van der Waals surface area contributed by atoms with E-state index in [1.54, 1.807) is 11.8 Å². The Morgan fingerprint density at radius 3 is 2.80 bits per heavy atom. The third-order valence-corrected chi connectivity index (χ3v) is 4.07. The van der Waals surface area contributed by atoms with Crippen LogP contribution in [-0.2, 0) is 12.2 Å². The molecule has 20 heavy (non-hydrogen) atoms. The first-order chi connectivity index (χ1) is 9.79. The quantitative estimate of drug-likeness (QED) is 0.600. The highest BCUT2D eigenvalue weighted by Crippen LogP contribution is 2.23. The molecule has 5 heteroatoms. The number of benzene rings is 1. The Balaban J connectivity index is 1.79. The minimum Gasteiger partial charge on any atom is -0.416 e. The van der Waals surface area contributed by atoms with Gasteiger partial charge in [0.05, 0.1) is 6.54 Å². The van der Waals surface area contributed by atoms with Crippen LogP contribution in [0.2, 0.25) is 0 Å². The van der Waals surface area contributed by atoms with Crippen molar-refractivity contribution in [2.24, 2.45) is 0 Å². The average Bonchev–Trinajstić information content (AvgIpc) is 2.91. The molecule has 1 aromatic heterocycles. The summed E-state index contributed by atoms with van der Waals surface area (Å²) in [5.41, 5.74) is 6.45. The van der Waals surface area contributed by atoms with E-state index in [9.17, 15) is 0 Å². The fraction of sp³-hybridized carbons (Fsp3) is 0.467. The predicted molar refractivity (Wildman–Crippen MR) is 80.3 cm³/mol. The molecule has 2 rings (SSSR count). The van der Waals surface area contributed by atoms with Crippen molar-refractivity contribution < 1.29 is 10.2 Å². The van der Waals surface area contributed by atoms with Crippen molar-refractivity contribution in [3.63, 3.8) is 0 Å². The van der Waals surface area contributed by atoms with E-state index < -0.39 is 0 Å². The topological polar surface area (TPSA) is 66.6 Å². The van der Waals surface area contributed by atoms with Crippen LogP contribution in [0.15, 0.2) is 33.9 Å². The molecule has 108 valence electrons. The molecule has 0 aliphatic rings. The summed E-state index contributed by atoms with van der Waals surface area (Å²) in [6.07, 6.45) is 4.32. The van der Waals surface area contributed by atoms with Crippen molar-refractivity contribution >= 4 is 11.8 Å². The predicted octanol–water partition coefficient (Wildman–Crippen LogP) is 2.63. The number of rotatable bonds is 8. The first-order valence-electron chi connectivity index (χ1n) is 7.08. The summed E-state index contributed by atoms with van der Waals surface area (Å²) in [6, 6.07) is 8.38. The van der Waals surface area contributed by atoms with Crippen LogP contribution in [0.5, 0.6) is 0 Å². The summed E-state index contributed by atoms with van der Waals surface area (Å²) in [5.74, 6) is 1.62. The second kappa shape index (κ2) is 8.07. The molecule has 0 spiro atoms. The van der Waals surface area contributed by atoms with Gasteiger partial charge in [0.2, 0.25) is 5.89 Å². The molecular weight excluding hydrogens is 270 g/mol. The lowest BCUT2D eigenvalue weighted by Crippen LogP contribution is -2.50. The standard InChI is InChI=1S/C15H21N3OS/c1-12-7-4-5-8-13(12)11-20-15-18-17-14(19-15)9-3-2-6-10-16/h4-5,7-8H,2-3,6,9-11,16H2,1H3/p+1. The van der Waals surface area contributed by atoms with Gasteiger partial charge >= 0.3 is 0 Å². The summed E-state index contributed by atoms with van der Waals surface area (Å²) in [7, 11) is 0. The second-order valence-corrected chi connectivity index (χ2v) is 5.77. The molecule has 0 saturated heterocycles. The van der Waals surface area contributed by atoms with Crippen LogP contribution >= 0.6 is 11.8 Å². The lowest BCUT2D eigenvalue weighted by atomic mass is 10.1. The summed E-state index contributed by atoms with van der Waals surface area (Å²) in [6.45, 7) is 3.12. The minimum absolute atomic E-state index is 0.667. The Morgan fingerprint density at radius 1 is 1.15 bits per heavy atom. The van der Waals surface area contributed by atoms with Crippen LogP contribution < -0.4 is 5.73 Å². The van der Waals surface area contributed by atoms with Gasteiger partial charge in [-0.25, -0.2) is 0 Å². The summed E-state index contributed by atoms with van der Waals surface area (Å²) >= 11 is 1.60. The zero-order valence-electron chi connectivity index (χ0n) is 12.0. The van der Waals surface area contributed by atoms with E-state index in [0.717, 1.165) is 31.0 Å². The van der Waals surface area contributed by atoms with Crippen LogP contribution in [0, 0.1) is 6.92 Å². The summed E-state index contributed by atoms with van der Waals surface area (Å²) < 4.78 is 5.65. The Morgan fingerprint density at radius 2 is 2.00 bits per heavy atom. The number of aryl methyl sites for hydroxylation is 2. The maximum Gasteiger partial charge on any atom is 0.276 e. The first kappa shape index (κ1) is 15.1. The Labute approximate surface area is 124 Å². The van der Waals surface area contributed by atoms with E-state index in [0.29, 0.717) is 5.22 Å². The lowest BCUT2D eigenvalue weighted by molar-refractivity contribution is -0.368. The van der Waals surface area contributed by atoms with Gasteiger partial charge in [-0.3, -0.25) is 0 Å². The van der Waals surface area contributed by atoms with Crippen molar-refractivity contribution in [1.29, 1.82) is 0 Å². The molecule has 0 aliphatic carbocycles. The first-order valence-corrected chi connectivity index (χ1v) is 8.07. The highest BCUT2D eigenvalue weighted by atomic mass is 32.2. The molecule has 0 aliphatic heterocycles. The van der Waals surface area contributed by atoms with E-state index >= 15 is 0 Å².